The minimum atomic E-state index is -0.667. The van der Waals surface area contributed by atoms with E-state index < -0.39 is 17.8 Å². The first-order chi connectivity index (χ1) is 12.7. The average Bonchev–Trinajstić information content (AvgIpc) is 2.61. The number of nitrogens with one attached hydrogen (secondary N) is 1. The van der Waals surface area contributed by atoms with Gasteiger partial charge in [-0.3, -0.25) is 4.79 Å². The van der Waals surface area contributed by atoms with E-state index in [0.717, 1.165) is 5.56 Å². The fourth-order valence-electron chi connectivity index (χ4n) is 2.56. The van der Waals surface area contributed by atoms with Gasteiger partial charge in [-0.2, -0.15) is 0 Å². The van der Waals surface area contributed by atoms with E-state index in [1.807, 2.05) is 0 Å². The van der Waals surface area contributed by atoms with E-state index in [2.05, 4.69) is 5.32 Å². The van der Waals surface area contributed by atoms with E-state index in [1.54, 1.807) is 50.8 Å². The lowest BCUT2D eigenvalue weighted by molar-refractivity contribution is -0.142. The van der Waals surface area contributed by atoms with Gasteiger partial charge in [0.2, 0.25) is 0 Å². The molecule has 0 aliphatic carbocycles. The van der Waals surface area contributed by atoms with Crippen LogP contribution in [-0.2, 0) is 20.8 Å². The van der Waals surface area contributed by atoms with Crippen LogP contribution in [0.5, 0.6) is 5.75 Å². The van der Waals surface area contributed by atoms with Crippen LogP contribution in [-0.4, -0.2) is 54.9 Å². The molecular weight excluding hydrogens is 350 g/mol. The third-order valence-corrected chi connectivity index (χ3v) is 3.89. The maximum Gasteiger partial charge on any atom is 0.407 e. The summed E-state index contributed by atoms with van der Waals surface area (Å²) in [5.74, 6) is 0.308. The van der Waals surface area contributed by atoms with Crippen molar-refractivity contribution in [1.29, 1.82) is 0 Å². The number of alkyl carbamates (subject to hydrolysis) is 1. The molecule has 8 heteroatoms. The molecule has 0 saturated carbocycles. The van der Waals surface area contributed by atoms with Crippen LogP contribution in [0.3, 0.4) is 0 Å². The summed E-state index contributed by atoms with van der Waals surface area (Å²) in [6, 6.07) is 5.19. The molecule has 27 heavy (non-hydrogen) atoms. The van der Waals surface area contributed by atoms with Crippen molar-refractivity contribution < 1.29 is 23.8 Å². The Morgan fingerprint density at radius 2 is 1.96 bits per heavy atom. The van der Waals surface area contributed by atoms with E-state index in [0.29, 0.717) is 37.7 Å². The zero-order valence-electron chi connectivity index (χ0n) is 16.4. The van der Waals surface area contributed by atoms with E-state index >= 15 is 0 Å². The molecule has 1 heterocycles. The molecule has 0 radical (unpaired) electrons. The van der Waals surface area contributed by atoms with Crippen molar-refractivity contribution in [2.45, 2.75) is 45.9 Å². The number of nitrogen functional groups attached to an aromatic ring is 1. The van der Waals surface area contributed by atoms with Crippen molar-refractivity contribution >= 4 is 17.7 Å². The van der Waals surface area contributed by atoms with Crippen LogP contribution < -0.4 is 15.8 Å². The molecule has 0 aromatic heterocycles. The zero-order chi connectivity index (χ0) is 20.0. The summed E-state index contributed by atoms with van der Waals surface area (Å²) < 4.78 is 16.3. The maximum absolute atomic E-state index is 12.5. The van der Waals surface area contributed by atoms with Gasteiger partial charge < -0.3 is 30.2 Å². The third kappa shape index (κ3) is 6.63. The molecule has 1 atom stereocenters. The Balaban J connectivity index is 1.95. The van der Waals surface area contributed by atoms with Crippen LogP contribution in [0.15, 0.2) is 18.2 Å². The summed E-state index contributed by atoms with van der Waals surface area (Å²) in [7, 11) is 0. The number of amides is 2. The predicted molar refractivity (Wildman–Crippen MR) is 101 cm³/mol. The standard InChI is InChI=1S/C19H29N3O5/c1-13(17(23)22-7-9-25-10-8-22)26-16-11-14(5-6-15(16)20)12-21-18(24)27-19(2,3)4/h5-6,11,13H,7-10,12,20H2,1-4H3,(H,21,24)/t13-/m0/s1. The van der Waals surface area contributed by atoms with Crippen molar-refractivity contribution in [2.24, 2.45) is 0 Å². The SMILES string of the molecule is C[C@H](Oc1cc(CNC(=O)OC(C)(C)C)ccc1N)C(=O)N1CCOCC1. The monoisotopic (exact) mass is 379 g/mol. The lowest BCUT2D eigenvalue weighted by Gasteiger charge is -2.29. The minimum absolute atomic E-state index is 0.102. The van der Waals surface area contributed by atoms with Crippen LogP contribution in [0.25, 0.3) is 0 Å². The molecule has 1 saturated heterocycles. The van der Waals surface area contributed by atoms with Crippen molar-refractivity contribution in [1.82, 2.24) is 10.2 Å². The summed E-state index contributed by atoms with van der Waals surface area (Å²) in [5.41, 5.74) is 6.63. The second-order valence-electron chi connectivity index (χ2n) is 7.43. The molecule has 2 rings (SSSR count). The first-order valence-electron chi connectivity index (χ1n) is 9.04. The van der Waals surface area contributed by atoms with Crippen molar-refractivity contribution in [3.8, 4) is 5.75 Å². The first-order valence-corrected chi connectivity index (χ1v) is 9.04. The van der Waals surface area contributed by atoms with Gasteiger partial charge >= 0.3 is 6.09 Å². The van der Waals surface area contributed by atoms with Crippen molar-refractivity contribution in [2.75, 3.05) is 32.0 Å². The summed E-state index contributed by atoms with van der Waals surface area (Å²) in [6.07, 6.45) is -1.17. The fourth-order valence-corrected chi connectivity index (χ4v) is 2.56. The summed E-state index contributed by atoms with van der Waals surface area (Å²) in [6.45, 7) is 9.54. The topological polar surface area (TPSA) is 103 Å². The highest BCUT2D eigenvalue weighted by atomic mass is 16.6. The fraction of sp³-hybridized carbons (Fsp3) is 0.579. The number of carbonyl (C=O) groups is 2. The molecule has 1 fully saturated rings. The number of ether oxygens (including phenoxy) is 3. The third-order valence-electron chi connectivity index (χ3n) is 3.89. The number of benzene rings is 1. The molecule has 3 N–H and O–H groups in total. The Hall–Kier alpha value is -2.48. The second kappa shape index (κ2) is 8.94. The number of nitrogens with two attached hydrogens (primary N) is 1. The van der Waals surface area contributed by atoms with Gasteiger partial charge in [0.05, 0.1) is 18.9 Å². The van der Waals surface area contributed by atoms with Crippen molar-refractivity contribution in [3.63, 3.8) is 0 Å². The number of hydrogen-bond donors (Lipinski definition) is 2. The smallest absolute Gasteiger partial charge is 0.407 e. The van der Waals surface area contributed by atoms with Crippen LogP contribution in [0.1, 0.15) is 33.3 Å². The van der Waals surface area contributed by atoms with Crippen LogP contribution in [0, 0.1) is 0 Å². The molecule has 150 valence electrons. The molecule has 1 aromatic rings. The second-order valence-corrected chi connectivity index (χ2v) is 7.43. The quantitative estimate of drug-likeness (QED) is 0.758. The van der Waals surface area contributed by atoms with Crippen LogP contribution in [0.4, 0.5) is 10.5 Å². The normalized spacial score (nSPS) is 15.8. The number of carbonyl (C=O) groups excluding carboxylic acids is 2. The van der Waals surface area contributed by atoms with Crippen LogP contribution >= 0.6 is 0 Å². The zero-order valence-corrected chi connectivity index (χ0v) is 16.4. The molecule has 0 spiro atoms. The Morgan fingerprint density at radius 3 is 2.59 bits per heavy atom. The molecule has 1 aliphatic heterocycles. The van der Waals surface area contributed by atoms with E-state index in [9.17, 15) is 9.59 Å². The van der Waals surface area contributed by atoms with Gasteiger partial charge in [0, 0.05) is 19.6 Å². The number of anilines is 1. The van der Waals surface area contributed by atoms with E-state index in [-0.39, 0.29) is 12.5 Å². The molecule has 1 aliphatic rings. The number of nitrogens with zero attached hydrogens (tertiary/aromatic N) is 1. The Morgan fingerprint density at radius 1 is 1.30 bits per heavy atom. The minimum Gasteiger partial charge on any atom is -0.479 e. The number of morpholine rings is 1. The van der Waals surface area contributed by atoms with E-state index in [1.165, 1.54) is 0 Å². The van der Waals surface area contributed by atoms with Gasteiger partial charge in [-0.25, -0.2) is 4.79 Å². The molecule has 2 amide bonds. The summed E-state index contributed by atoms with van der Waals surface area (Å²) in [4.78, 5) is 26.0. The Labute approximate surface area is 159 Å². The highest BCUT2D eigenvalue weighted by molar-refractivity contribution is 5.81. The van der Waals surface area contributed by atoms with E-state index in [4.69, 9.17) is 19.9 Å². The molecule has 0 unspecified atom stereocenters. The van der Waals surface area contributed by atoms with Crippen LogP contribution in [0.2, 0.25) is 0 Å². The van der Waals surface area contributed by atoms with Gasteiger partial charge in [-0.05, 0) is 45.4 Å². The van der Waals surface area contributed by atoms with Gasteiger partial charge in [0.15, 0.2) is 6.10 Å². The maximum atomic E-state index is 12.5. The molecule has 0 bridgehead atoms. The van der Waals surface area contributed by atoms with Gasteiger partial charge in [0.25, 0.3) is 5.91 Å². The largest absolute Gasteiger partial charge is 0.479 e. The van der Waals surface area contributed by atoms with Gasteiger partial charge in [-0.1, -0.05) is 6.07 Å². The lowest BCUT2D eigenvalue weighted by atomic mass is 10.2. The number of hydrogen-bond acceptors (Lipinski definition) is 6. The summed E-state index contributed by atoms with van der Waals surface area (Å²) >= 11 is 0. The highest BCUT2D eigenvalue weighted by Gasteiger charge is 2.24. The first kappa shape index (κ1) is 20.8. The Kier molecular flexibility index (Phi) is 6.90. The lowest BCUT2D eigenvalue weighted by Crippen LogP contribution is -2.46. The molecule has 8 nitrogen and oxygen atoms in total. The average molecular weight is 379 g/mol. The van der Waals surface area contributed by atoms with Gasteiger partial charge in [-0.15, -0.1) is 0 Å². The van der Waals surface area contributed by atoms with Crippen molar-refractivity contribution in [3.05, 3.63) is 23.8 Å². The van der Waals surface area contributed by atoms with Gasteiger partial charge in [0.1, 0.15) is 11.4 Å². The highest BCUT2D eigenvalue weighted by Crippen LogP contribution is 2.24. The number of rotatable bonds is 5. The predicted octanol–water partition coefficient (Wildman–Crippen LogP) is 1.92. The molecule has 1 aromatic carbocycles. The summed E-state index contributed by atoms with van der Waals surface area (Å²) in [5, 5.41) is 2.68. The molecular formula is C19H29N3O5. The Bertz CT molecular complexity index is 666.